The zero-order chi connectivity index (χ0) is 13.8. The largest absolute Gasteiger partial charge is 0.497 e. The molecule has 0 atom stereocenters. The molecule has 6 nitrogen and oxygen atoms in total. The molecule has 1 aromatic carbocycles. The van der Waals surface area contributed by atoms with Gasteiger partial charge in [0.15, 0.2) is 0 Å². The number of nitrogens with zero attached hydrogens (tertiary/aromatic N) is 1. The van der Waals surface area contributed by atoms with Gasteiger partial charge >= 0.3 is 5.97 Å². The van der Waals surface area contributed by atoms with Crippen molar-refractivity contribution in [3.05, 3.63) is 30.1 Å². The van der Waals surface area contributed by atoms with Crippen molar-refractivity contribution < 1.29 is 19.0 Å². The van der Waals surface area contributed by atoms with Crippen LogP contribution in [0.1, 0.15) is 10.5 Å². The Bertz CT molecular complexity index is 592. The molecule has 0 aliphatic carbocycles. The number of hydrogen-bond acceptors (Lipinski definition) is 5. The minimum Gasteiger partial charge on any atom is -0.497 e. The predicted octanol–water partition coefficient (Wildman–Crippen LogP) is 1.88. The lowest BCUT2D eigenvalue weighted by Gasteiger charge is -2.08. The minimum atomic E-state index is -0.472. The molecule has 0 amide bonds. The average molecular weight is 262 g/mol. The number of esters is 1. The Morgan fingerprint density at radius 2 is 2.00 bits per heavy atom. The average Bonchev–Trinajstić information content (AvgIpc) is 2.95. The number of carbonyl (C=O) groups excluding carboxylic acids is 1. The Labute approximate surface area is 110 Å². The van der Waals surface area contributed by atoms with E-state index in [1.807, 2.05) is 0 Å². The zero-order valence-electron chi connectivity index (χ0n) is 10.9. The van der Waals surface area contributed by atoms with Crippen molar-refractivity contribution in [3.63, 3.8) is 0 Å². The Morgan fingerprint density at radius 1 is 1.21 bits per heavy atom. The van der Waals surface area contributed by atoms with Gasteiger partial charge in [0.25, 0.3) is 0 Å². The lowest BCUT2D eigenvalue weighted by Crippen LogP contribution is -2.01. The number of methoxy groups -OCH3 is 3. The van der Waals surface area contributed by atoms with E-state index < -0.39 is 5.97 Å². The standard InChI is InChI=1S/C13H14N2O4/c1-17-8-4-5-11(18-2)9(6-8)12-14-7-10(15-12)13(16)19-3/h4-7H,1-3H3,(H,14,15). The maximum absolute atomic E-state index is 11.4. The molecule has 0 bridgehead atoms. The Morgan fingerprint density at radius 3 is 2.63 bits per heavy atom. The second-order valence-electron chi connectivity index (χ2n) is 3.70. The number of ether oxygens (including phenoxy) is 3. The molecule has 2 aromatic rings. The topological polar surface area (TPSA) is 73.4 Å². The van der Waals surface area contributed by atoms with E-state index >= 15 is 0 Å². The van der Waals surface area contributed by atoms with E-state index in [-0.39, 0.29) is 5.69 Å². The number of nitrogens with one attached hydrogen (secondary N) is 1. The number of imidazole rings is 1. The second-order valence-corrected chi connectivity index (χ2v) is 3.70. The summed E-state index contributed by atoms with van der Waals surface area (Å²) in [4.78, 5) is 18.4. The van der Waals surface area contributed by atoms with E-state index in [1.54, 1.807) is 32.4 Å². The highest BCUT2D eigenvalue weighted by atomic mass is 16.5. The highest BCUT2D eigenvalue weighted by Crippen LogP contribution is 2.31. The highest BCUT2D eigenvalue weighted by Gasteiger charge is 2.14. The van der Waals surface area contributed by atoms with Gasteiger partial charge in [-0.3, -0.25) is 0 Å². The number of aromatic nitrogens is 2. The molecule has 19 heavy (non-hydrogen) atoms. The molecule has 100 valence electrons. The van der Waals surface area contributed by atoms with Crippen molar-refractivity contribution in [2.75, 3.05) is 21.3 Å². The van der Waals surface area contributed by atoms with Gasteiger partial charge in [0.05, 0.1) is 33.1 Å². The number of rotatable bonds is 4. The normalized spacial score (nSPS) is 10.1. The number of aromatic amines is 1. The Kier molecular flexibility index (Phi) is 3.70. The highest BCUT2D eigenvalue weighted by molar-refractivity contribution is 5.87. The first-order valence-electron chi connectivity index (χ1n) is 5.55. The van der Waals surface area contributed by atoms with Gasteiger partial charge in [0.2, 0.25) is 0 Å². The summed E-state index contributed by atoms with van der Waals surface area (Å²) in [6.07, 6.45) is 1.42. The van der Waals surface area contributed by atoms with Gasteiger partial charge < -0.3 is 19.2 Å². The van der Waals surface area contributed by atoms with E-state index in [4.69, 9.17) is 9.47 Å². The number of hydrogen-bond donors (Lipinski definition) is 1. The molecule has 6 heteroatoms. The van der Waals surface area contributed by atoms with Crippen molar-refractivity contribution in [1.82, 2.24) is 9.97 Å². The van der Waals surface area contributed by atoms with Crippen LogP contribution in [-0.4, -0.2) is 37.3 Å². The third-order valence-corrected chi connectivity index (χ3v) is 2.64. The van der Waals surface area contributed by atoms with Crippen LogP contribution in [0, 0.1) is 0 Å². The van der Waals surface area contributed by atoms with Gasteiger partial charge in [0.1, 0.15) is 23.0 Å². The maximum atomic E-state index is 11.4. The molecule has 1 aromatic heterocycles. The van der Waals surface area contributed by atoms with Crippen LogP contribution in [-0.2, 0) is 4.74 Å². The molecule has 0 saturated heterocycles. The van der Waals surface area contributed by atoms with Crippen molar-refractivity contribution in [2.45, 2.75) is 0 Å². The number of benzene rings is 1. The van der Waals surface area contributed by atoms with Crippen LogP contribution in [0.15, 0.2) is 24.4 Å². The summed E-state index contributed by atoms with van der Waals surface area (Å²) in [5.74, 6) is 1.34. The summed E-state index contributed by atoms with van der Waals surface area (Å²) in [5, 5.41) is 0. The number of H-pyrrole nitrogens is 1. The fraction of sp³-hybridized carbons (Fsp3) is 0.231. The summed E-state index contributed by atoms with van der Waals surface area (Å²) in [7, 11) is 4.46. The SMILES string of the molecule is COC(=O)c1cnc(-c2cc(OC)ccc2OC)[nH]1. The lowest BCUT2D eigenvalue weighted by atomic mass is 10.2. The first-order valence-corrected chi connectivity index (χ1v) is 5.55. The Hall–Kier alpha value is -2.50. The molecule has 1 heterocycles. The van der Waals surface area contributed by atoms with E-state index in [9.17, 15) is 4.79 Å². The molecular formula is C13H14N2O4. The van der Waals surface area contributed by atoms with E-state index in [0.717, 1.165) is 0 Å². The molecule has 2 rings (SSSR count). The molecule has 0 spiro atoms. The second kappa shape index (κ2) is 5.43. The molecule has 0 fully saturated rings. The van der Waals surface area contributed by atoms with Crippen LogP contribution in [0.5, 0.6) is 11.5 Å². The fourth-order valence-corrected chi connectivity index (χ4v) is 1.67. The van der Waals surface area contributed by atoms with Crippen LogP contribution in [0.3, 0.4) is 0 Å². The first-order chi connectivity index (χ1) is 9.19. The summed E-state index contributed by atoms with van der Waals surface area (Å²) in [6.45, 7) is 0. The molecule has 0 aliphatic rings. The zero-order valence-corrected chi connectivity index (χ0v) is 10.9. The van der Waals surface area contributed by atoms with E-state index in [2.05, 4.69) is 14.7 Å². The summed E-state index contributed by atoms with van der Waals surface area (Å²) < 4.78 is 15.0. The summed E-state index contributed by atoms with van der Waals surface area (Å²) >= 11 is 0. The van der Waals surface area contributed by atoms with Crippen LogP contribution in [0.25, 0.3) is 11.4 Å². The lowest BCUT2D eigenvalue weighted by molar-refractivity contribution is 0.0595. The van der Waals surface area contributed by atoms with E-state index in [0.29, 0.717) is 22.9 Å². The molecule has 0 radical (unpaired) electrons. The Balaban J connectivity index is 2.45. The maximum Gasteiger partial charge on any atom is 0.356 e. The fourth-order valence-electron chi connectivity index (χ4n) is 1.67. The number of carbonyl (C=O) groups is 1. The first kappa shape index (κ1) is 12.9. The molecule has 0 saturated carbocycles. The predicted molar refractivity (Wildman–Crippen MR) is 68.5 cm³/mol. The molecule has 0 unspecified atom stereocenters. The van der Waals surface area contributed by atoms with Gasteiger partial charge in [-0.15, -0.1) is 0 Å². The van der Waals surface area contributed by atoms with Crippen LogP contribution in [0.4, 0.5) is 0 Å². The third kappa shape index (κ3) is 2.52. The molecular weight excluding hydrogens is 248 g/mol. The van der Waals surface area contributed by atoms with E-state index in [1.165, 1.54) is 13.3 Å². The minimum absolute atomic E-state index is 0.280. The quantitative estimate of drug-likeness (QED) is 0.851. The van der Waals surface area contributed by atoms with Gasteiger partial charge in [-0.2, -0.15) is 0 Å². The van der Waals surface area contributed by atoms with Crippen LogP contribution >= 0.6 is 0 Å². The van der Waals surface area contributed by atoms with Gasteiger partial charge in [-0.05, 0) is 18.2 Å². The van der Waals surface area contributed by atoms with Crippen molar-refractivity contribution >= 4 is 5.97 Å². The summed E-state index contributed by atoms with van der Waals surface area (Å²) in [6, 6.07) is 5.33. The van der Waals surface area contributed by atoms with Crippen LogP contribution in [0.2, 0.25) is 0 Å². The van der Waals surface area contributed by atoms with Crippen molar-refractivity contribution in [3.8, 4) is 22.9 Å². The smallest absolute Gasteiger partial charge is 0.356 e. The van der Waals surface area contributed by atoms with Gasteiger partial charge in [-0.25, -0.2) is 9.78 Å². The van der Waals surface area contributed by atoms with Crippen molar-refractivity contribution in [2.24, 2.45) is 0 Å². The van der Waals surface area contributed by atoms with Gasteiger partial charge in [0, 0.05) is 0 Å². The van der Waals surface area contributed by atoms with Crippen molar-refractivity contribution in [1.29, 1.82) is 0 Å². The summed E-state index contributed by atoms with van der Waals surface area (Å²) in [5.41, 5.74) is 0.986. The van der Waals surface area contributed by atoms with Crippen LogP contribution < -0.4 is 9.47 Å². The molecule has 0 aliphatic heterocycles. The monoisotopic (exact) mass is 262 g/mol. The molecule has 1 N–H and O–H groups in total. The van der Waals surface area contributed by atoms with Gasteiger partial charge in [-0.1, -0.05) is 0 Å². The third-order valence-electron chi connectivity index (χ3n) is 2.64.